The Hall–Kier alpha value is -2.06. The Morgan fingerprint density at radius 2 is 2.20 bits per heavy atom. The fourth-order valence-electron chi connectivity index (χ4n) is 1.69. The van der Waals surface area contributed by atoms with Crippen molar-refractivity contribution >= 4 is 15.7 Å². The number of nitrogens with two attached hydrogens (primary N) is 1. The molecule has 0 spiro atoms. The Bertz CT molecular complexity index is 709. The average Bonchev–Trinajstić information content (AvgIpc) is 2.82. The lowest BCUT2D eigenvalue weighted by atomic mass is 10.3. The highest BCUT2D eigenvalue weighted by molar-refractivity contribution is 7.89. The van der Waals surface area contributed by atoms with Gasteiger partial charge in [-0.25, -0.2) is 13.1 Å². The number of aromatic nitrogens is 2. The number of rotatable bonds is 5. The second kappa shape index (κ2) is 5.51. The van der Waals surface area contributed by atoms with Crippen molar-refractivity contribution in [3.05, 3.63) is 35.7 Å². The van der Waals surface area contributed by atoms with E-state index in [4.69, 9.17) is 10.5 Å². The standard InChI is InChI=1S/C12H16N4O3S/c1-8-9(6-14-16-8)7-15-20(17,18)10-3-4-12(19-2)11(13)5-10/h3-6,15H,7,13H2,1-2H3,(H,14,16). The summed E-state index contributed by atoms with van der Waals surface area (Å²) in [7, 11) is -2.16. The molecule has 1 aromatic carbocycles. The van der Waals surface area contributed by atoms with E-state index in [9.17, 15) is 8.42 Å². The monoisotopic (exact) mass is 296 g/mol. The molecule has 1 heterocycles. The number of methoxy groups -OCH3 is 1. The van der Waals surface area contributed by atoms with Crippen LogP contribution in [0.25, 0.3) is 0 Å². The molecule has 2 aromatic rings. The van der Waals surface area contributed by atoms with Crippen molar-refractivity contribution in [2.75, 3.05) is 12.8 Å². The molecule has 0 unspecified atom stereocenters. The Morgan fingerprint density at radius 3 is 2.75 bits per heavy atom. The van der Waals surface area contributed by atoms with Gasteiger partial charge in [-0.1, -0.05) is 0 Å². The van der Waals surface area contributed by atoms with E-state index in [1.54, 1.807) is 6.20 Å². The minimum Gasteiger partial charge on any atom is -0.495 e. The van der Waals surface area contributed by atoms with Crippen molar-refractivity contribution < 1.29 is 13.2 Å². The molecule has 0 radical (unpaired) electrons. The summed E-state index contributed by atoms with van der Waals surface area (Å²) in [6.45, 7) is 1.98. The van der Waals surface area contributed by atoms with Gasteiger partial charge in [0.1, 0.15) is 5.75 Å². The van der Waals surface area contributed by atoms with Crippen molar-refractivity contribution in [3.8, 4) is 5.75 Å². The third-order valence-corrected chi connectivity index (χ3v) is 4.30. The van der Waals surface area contributed by atoms with Gasteiger partial charge in [0.15, 0.2) is 0 Å². The topological polar surface area (TPSA) is 110 Å². The smallest absolute Gasteiger partial charge is 0.240 e. The molecule has 2 rings (SSSR count). The lowest BCUT2D eigenvalue weighted by molar-refractivity contribution is 0.416. The Balaban J connectivity index is 2.18. The third kappa shape index (κ3) is 2.91. The third-order valence-electron chi connectivity index (χ3n) is 2.90. The number of nitrogen functional groups attached to an aromatic ring is 1. The zero-order valence-corrected chi connectivity index (χ0v) is 12.0. The fraction of sp³-hybridized carbons (Fsp3) is 0.250. The van der Waals surface area contributed by atoms with Crippen molar-refractivity contribution in [2.24, 2.45) is 0 Å². The zero-order chi connectivity index (χ0) is 14.8. The van der Waals surface area contributed by atoms with Crippen LogP contribution in [0.1, 0.15) is 11.3 Å². The van der Waals surface area contributed by atoms with Crippen LogP contribution in [0.15, 0.2) is 29.3 Å². The van der Waals surface area contributed by atoms with Gasteiger partial charge >= 0.3 is 0 Å². The molecular formula is C12H16N4O3S. The van der Waals surface area contributed by atoms with Crippen LogP contribution in [-0.2, 0) is 16.6 Å². The summed E-state index contributed by atoms with van der Waals surface area (Å²) in [5.74, 6) is 0.439. The van der Waals surface area contributed by atoms with Gasteiger partial charge in [0, 0.05) is 17.8 Å². The van der Waals surface area contributed by atoms with Crippen molar-refractivity contribution in [3.63, 3.8) is 0 Å². The quantitative estimate of drug-likeness (QED) is 0.706. The molecule has 20 heavy (non-hydrogen) atoms. The molecule has 7 nitrogen and oxygen atoms in total. The van der Waals surface area contributed by atoms with Gasteiger partial charge in [0.2, 0.25) is 10.0 Å². The van der Waals surface area contributed by atoms with E-state index in [1.807, 2.05) is 6.92 Å². The van der Waals surface area contributed by atoms with Crippen LogP contribution in [0.3, 0.4) is 0 Å². The molecule has 8 heteroatoms. The Kier molecular flexibility index (Phi) is 3.96. The largest absolute Gasteiger partial charge is 0.495 e. The first-order valence-electron chi connectivity index (χ1n) is 5.86. The number of anilines is 1. The minimum atomic E-state index is -3.63. The minimum absolute atomic E-state index is 0.0944. The van der Waals surface area contributed by atoms with Crippen LogP contribution in [0, 0.1) is 6.92 Å². The predicted octanol–water partition coefficient (Wildman–Crippen LogP) is 0.787. The lowest BCUT2D eigenvalue weighted by Crippen LogP contribution is -2.23. The number of hydrogen-bond acceptors (Lipinski definition) is 5. The highest BCUT2D eigenvalue weighted by atomic mass is 32.2. The van der Waals surface area contributed by atoms with E-state index in [0.29, 0.717) is 5.75 Å². The summed E-state index contributed by atoms with van der Waals surface area (Å²) in [6.07, 6.45) is 1.58. The van der Waals surface area contributed by atoms with Crippen LogP contribution in [-0.4, -0.2) is 25.7 Å². The molecular weight excluding hydrogens is 280 g/mol. The number of nitrogens with one attached hydrogen (secondary N) is 2. The number of aromatic amines is 1. The lowest BCUT2D eigenvalue weighted by Gasteiger charge is -2.09. The molecule has 0 bridgehead atoms. The van der Waals surface area contributed by atoms with Gasteiger partial charge in [0.25, 0.3) is 0 Å². The molecule has 0 aliphatic rings. The van der Waals surface area contributed by atoms with Crippen LogP contribution >= 0.6 is 0 Å². The van der Waals surface area contributed by atoms with E-state index < -0.39 is 10.0 Å². The average molecular weight is 296 g/mol. The number of hydrogen-bond donors (Lipinski definition) is 3. The summed E-state index contributed by atoms with van der Waals surface area (Å²) >= 11 is 0. The van der Waals surface area contributed by atoms with Crippen molar-refractivity contribution in [1.29, 1.82) is 0 Å². The first-order chi connectivity index (χ1) is 9.44. The van der Waals surface area contributed by atoms with E-state index in [1.165, 1.54) is 25.3 Å². The maximum absolute atomic E-state index is 12.2. The number of sulfonamides is 1. The molecule has 0 saturated heterocycles. The van der Waals surface area contributed by atoms with E-state index in [0.717, 1.165) is 11.3 Å². The van der Waals surface area contributed by atoms with Gasteiger partial charge in [-0.15, -0.1) is 0 Å². The summed E-state index contributed by atoms with van der Waals surface area (Å²) < 4.78 is 31.8. The summed E-state index contributed by atoms with van der Waals surface area (Å²) in [5.41, 5.74) is 7.59. The van der Waals surface area contributed by atoms with Gasteiger partial charge in [-0.2, -0.15) is 5.10 Å². The van der Waals surface area contributed by atoms with Gasteiger partial charge < -0.3 is 10.5 Å². The molecule has 0 saturated carbocycles. The van der Waals surface area contributed by atoms with Crippen LogP contribution in [0.4, 0.5) is 5.69 Å². The first-order valence-corrected chi connectivity index (χ1v) is 7.34. The maximum atomic E-state index is 12.2. The molecule has 0 atom stereocenters. The van der Waals surface area contributed by atoms with Crippen LogP contribution in [0.2, 0.25) is 0 Å². The van der Waals surface area contributed by atoms with Gasteiger partial charge in [-0.05, 0) is 25.1 Å². The Morgan fingerprint density at radius 1 is 1.45 bits per heavy atom. The summed E-state index contributed by atoms with van der Waals surface area (Å²) in [5, 5.41) is 6.58. The molecule has 0 fully saturated rings. The number of benzene rings is 1. The fourth-order valence-corrected chi connectivity index (χ4v) is 2.73. The van der Waals surface area contributed by atoms with Gasteiger partial charge in [-0.3, -0.25) is 5.10 Å². The van der Waals surface area contributed by atoms with Gasteiger partial charge in [0.05, 0.1) is 23.9 Å². The number of H-pyrrole nitrogens is 1. The Labute approximate surface area is 117 Å². The number of nitrogens with zero attached hydrogens (tertiary/aromatic N) is 1. The van der Waals surface area contributed by atoms with Crippen LogP contribution < -0.4 is 15.2 Å². The SMILES string of the molecule is COc1ccc(S(=O)(=O)NCc2cn[nH]c2C)cc1N. The zero-order valence-electron chi connectivity index (χ0n) is 11.2. The van der Waals surface area contributed by atoms with Crippen molar-refractivity contribution in [1.82, 2.24) is 14.9 Å². The maximum Gasteiger partial charge on any atom is 0.240 e. The molecule has 0 amide bonds. The summed E-state index contributed by atoms with van der Waals surface area (Å²) in [4.78, 5) is 0.0944. The molecule has 4 N–H and O–H groups in total. The van der Waals surface area contributed by atoms with Crippen LogP contribution in [0.5, 0.6) is 5.75 Å². The molecule has 0 aliphatic heterocycles. The predicted molar refractivity (Wildman–Crippen MR) is 74.8 cm³/mol. The molecule has 108 valence electrons. The van der Waals surface area contributed by atoms with E-state index in [2.05, 4.69) is 14.9 Å². The van der Waals surface area contributed by atoms with E-state index in [-0.39, 0.29) is 17.1 Å². The number of ether oxygens (including phenoxy) is 1. The first kappa shape index (κ1) is 14.4. The second-order valence-corrected chi connectivity index (χ2v) is 6.02. The second-order valence-electron chi connectivity index (χ2n) is 4.25. The summed E-state index contributed by atoms with van der Waals surface area (Å²) in [6, 6.07) is 4.33. The molecule has 1 aromatic heterocycles. The highest BCUT2D eigenvalue weighted by Crippen LogP contribution is 2.24. The normalized spacial score (nSPS) is 11.5. The molecule has 0 aliphatic carbocycles. The highest BCUT2D eigenvalue weighted by Gasteiger charge is 2.16. The number of aryl methyl sites for hydroxylation is 1. The van der Waals surface area contributed by atoms with E-state index >= 15 is 0 Å². The van der Waals surface area contributed by atoms with Crippen molar-refractivity contribution in [2.45, 2.75) is 18.4 Å².